The minimum absolute atomic E-state index is 0.108. The van der Waals surface area contributed by atoms with Gasteiger partial charge in [0.15, 0.2) is 34.8 Å². The van der Waals surface area contributed by atoms with Crippen LogP contribution in [0.1, 0.15) is 91.7 Å². The van der Waals surface area contributed by atoms with Crippen LogP contribution in [0.25, 0.3) is 0 Å². The molecule has 38 heavy (non-hydrogen) atoms. The molecule has 2 nitrogen and oxygen atoms in total. The lowest BCUT2D eigenvalue weighted by molar-refractivity contribution is 0.192. The Balaban J connectivity index is 1.43. The summed E-state index contributed by atoms with van der Waals surface area (Å²) < 4.78 is 92.6. The normalized spacial score (nSPS) is 18.4. The van der Waals surface area contributed by atoms with Crippen LogP contribution in [0.2, 0.25) is 0 Å². The lowest BCUT2D eigenvalue weighted by Gasteiger charge is -2.30. The molecule has 0 saturated heterocycles. The van der Waals surface area contributed by atoms with Crippen molar-refractivity contribution in [2.45, 2.75) is 76.9 Å². The highest BCUT2D eigenvalue weighted by Crippen LogP contribution is 2.43. The SMILES string of the molecule is CCCc1ccc(OCc2ccc(C3CCC(c4ccc(C(C)O)c(F)c4F)CC3)c(F)c2F)c(F)c1F. The van der Waals surface area contributed by atoms with Crippen LogP contribution in [0.15, 0.2) is 36.4 Å². The van der Waals surface area contributed by atoms with Gasteiger partial charge in [0, 0.05) is 11.1 Å². The predicted molar refractivity (Wildman–Crippen MR) is 132 cm³/mol. The summed E-state index contributed by atoms with van der Waals surface area (Å²) in [6, 6.07) is 8.36. The molecule has 1 N–H and O–H groups in total. The molecule has 4 rings (SSSR count). The lowest BCUT2D eigenvalue weighted by Crippen LogP contribution is -2.16. The molecule has 1 aliphatic carbocycles. The second-order valence-electron chi connectivity index (χ2n) is 9.93. The number of hydrogen-bond acceptors (Lipinski definition) is 2. The summed E-state index contributed by atoms with van der Waals surface area (Å²) in [4.78, 5) is 0. The van der Waals surface area contributed by atoms with E-state index in [1.165, 1.54) is 43.3 Å². The first kappa shape index (κ1) is 28.0. The number of hydrogen-bond donors (Lipinski definition) is 1. The number of aliphatic hydroxyl groups excluding tert-OH is 1. The fourth-order valence-corrected chi connectivity index (χ4v) is 5.26. The Kier molecular flexibility index (Phi) is 8.71. The van der Waals surface area contributed by atoms with Crippen molar-refractivity contribution in [3.8, 4) is 5.75 Å². The van der Waals surface area contributed by atoms with E-state index in [0.29, 0.717) is 38.5 Å². The average molecular weight is 537 g/mol. The van der Waals surface area contributed by atoms with Gasteiger partial charge in [0.05, 0.1) is 6.10 Å². The highest BCUT2D eigenvalue weighted by atomic mass is 19.2. The zero-order valence-electron chi connectivity index (χ0n) is 21.3. The molecule has 1 unspecified atom stereocenters. The van der Waals surface area contributed by atoms with Gasteiger partial charge < -0.3 is 9.84 Å². The fraction of sp³-hybridized carbons (Fsp3) is 0.400. The molecule has 0 radical (unpaired) electrons. The van der Waals surface area contributed by atoms with Gasteiger partial charge in [0.1, 0.15) is 6.61 Å². The van der Waals surface area contributed by atoms with Crippen LogP contribution in [-0.2, 0) is 13.0 Å². The summed E-state index contributed by atoms with van der Waals surface area (Å²) in [7, 11) is 0. The van der Waals surface area contributed by atoms with Gasteiger partial charge in [-0.05, 0) is 73.6 Å². The third-order valence-electron chi connectivity index (χ3n) is 7.42. The molecule has 1 fully saturated rings. The van der Waals surface area contributed by atoms with E-state index in [2.05, 4.69) is 0 Å². The molecule has 1 aliphatic rings. The van der Waals surface area contributed by atoms with Crippen molar-refractivity contribution in [2.75, 3.05) is 0 Å². The molecule has 3 aromatic rings. The molecule has 0 spiro atoms. The monoisotopic (exact) mass is 536 g/mol. The van der Waals surface area contributed by atoms with E-state index < -0.39 is 47.6 Å². The van der Waals surface area contributed by atoms with Crippen LogP contribution in [0.3, 0.4) is 0 Å². The lowest BCUT2D eigenvalue weighted by atomic mass is 9.75. The molecular formula is C30H30F6O2. The Morgan fingerprint density at radius 3 is 1.82 bits per heavy atom. The van der Waals surface area contributed by atoms with Crippen molar-refractivity contribution in [3.05, 3.63) is 99.1 Å². The van der Waals surface area contributed by atoms with E-state index in [0.717, 1.165) is 0 Å². The van der Waals surface area contributed by atoms with E-state index in [-0.39, 0.29) is 45.4 Å². The fourth-order valence-electron chi connectivity index (χ4n) is 5.26. The maximum absolute atomic E-state index is 15.0. The Labute approximate surface area is 218 Å². The molecule has 3 aromatic carbocycles. The number of aryl methyl sites for hydroxylation is 1. The van der Waals surface area contributed by atoms with E-state index in [1.807, 2.05) is 6.92 Å². The van der Waals surface area contributed by atoms with E-state index in [4.69, 9.17) is 4.74 Å². The van der Waals surface area contributed by atoms with Crippen LogP contribution in [0.4, 0.5) is 26.3 Å². The van der Waals surface area contributed by atoms with Crippen LogP contribution in [0.5, 0.6) is 5.75 Å². The van der Waals surface area contributed by atoms with Crippen molar-refractivity contribution in [1.82, 2.24) is 0 Å². The van der Waals surface area contributed by atoms with Crippen LogP contribution < -0.4 is 4.74 Å². The summed E-state index contributed by atoms with van der Waals surface area (Å²) in [5.41, 5.74) is 0.382. The molecule has 0 amide bonds. The predicted octanol–water partition coefficient (Wildman–Crippen LogP) is 8.55. The molecule has 204 valence electrons. The highest BCUT2D eigenvalue weighted by molar-refractivity contribution is 5.34. The van der Waals surface area contributed by atoms with Gasteiger partial charge in [-0.25, -0.2) is 22.0 Å². The van der Waals surface area contributed by atoms with Crippen LogP contribution >= 0.6 is 0 Å². The van der Waals surface area contributed by atoms with Gasteiger partial charge in [-0.3, -0.25) is 0 Å². The first-order valence-corrected chi connectivity index (χ1v) is 12.9. The first-order chi connectivity index (χ1) is 18.1. The minimum atomic E-state index is -1.16. The van der Waals surface area contributed by atoms with Gasteiger partial charge in [-0.2, -0.15) is 4.39 Å². The van der Waals surface area contributed by atoms with Crippen LogP contribution in [0, 0.1) is 34.9 Å². The van der Waals surface area contributed by atoms with E-state index in [1.54, 1.807) is 0 Å². The first-order valence-electron chi connectivity index (χ1n) is 12.9. The molecule has 0 heterocycles. The van der Waals surface area contributed by atoms with Crippen molar-refractivity contribution in [3.63, 3.8) is 0 Å². The van der Waals surface area contributed by atoms with Crippen molar-refractivity contribution in [2.24, 2.45) is 0 Å². The van der Waals surface area contributed by atoms with Crippen molar-refractivity contribution < 1.29 is 36.2 Å². The van der Waals surface area contributed by atoms with Gasteiger partial charge >= 0.3 is 0 Å². The molecule has 1 atom stereocenters. The third kappa shape index (κ3) is 5.55. The zero-order valence-corrected chi connectivity index (χ0v) is 21.3. The second kappa shape index (κ2) is 11.8. The maximum atomic E-state index is 15.0. The molecule has 0 bridgehead atoms. The summed E-state index contributed by atoms with van der Waals surface area (Å²) in [6.45, 7) is 2.72. The van der Waals surface area contributed by atoms with Crippen LogP contribution in [-0.4, -0.2) is 5.11 Å². The average Bonchev–Trinajstić information content (AvgIpc) is 2.90. The minimum Gasteiger partial charge on any atom is -0.486 e. The zero-order chi connectivity index (χ0) is 27.6. The summed E-state index contributed by atoms with van der Waals surface area (Å²) in [6.07, 6.45) is 1.69. The Morgan fingerprint density at radius 1 is 0.711 bits per heavy atom. The standard InChI is InChI=1S/C30H30F6O2/c1-3-4-19-10-14-24(30(36)25(19)31)38-15-20-9-11-22(28(34)26(20)32)17-5-7-18(8-6-17)23-13-12-21(16(2)37)27(33)29(23)35/h9-14,16-18,37H,3-8,15H2,1-2H3. The smallest absolute Gasteiger partial charge is 0.200 e. The van der Waals surface area contributed by atoms with Gasteiger partial charge in [-0.15, -0.1) is 0 Å². The summed E-state index contributed by atoms with van der Waals surface area (Å²) in [5, 5.41) is 9.59. The Morgan fingerprint density at radius 2 is 1.24 bits per heavy atom. The third-order valence-corrected chi connectivity index (χ3v) is 7.42. The number of benzene rings is 3. The molecule has 8 heteroatoms. The number of halogens is 6. The van der Waals surface area contributed by atoms with E-state index >= 15 is 4.39 Å². The van der Waals surface area contributed by atoms with Gasteiger partial charge in [0.2, 0.25) is 5.82 Å². The molecule has 1 saturated carbocycles. The van der Waals surface area contributed by atoms with Crippen molar-refractivity contribution >= 4 is 0 Å². The Hall–Kier alpha value is -3.00. The molecule has 0 aromatic heterocycles. The van der Waals surface area contributed by atoms with E-state index in [9.17, 15) is 27.1 Å². The topological polar surface area (TPSA) is 29.5 Å². The Bertz CT molecular complexity index is 1300. The number of aliphatic hydroxyl groups is 1. The quantitative estimate of drug-likeness (QED) is 0.292. The molecule has 0 aliphatic heterocycles. The largest absolute Gasteiger partial charge is 0.486 e. The second-order valence-corrected chi connectivity index (χ2v) is 9.93. The number of rotatable bonds is 8. The van der Waals surface area contributed by atoms with Gasteiger partial charge in [0.25, 0.3) is 0 Å². The highest BCUT2D eigenvalue weighted by Gasteiger charge is 2.30. The number of ether oxygens (including phenoxy) is 1. The summed E-state index contributed by atoms with van der Waals surface area (Å²) in [5.74, 6) is -7.33. The molecular weight excluding hydrogens is 506 g/mol. The van der Waals surface area contributed by atoms with Gasteiger partial charge in [-0.1, -0.05) is 43.7 Å². The van der Waals surface area contributed by atoms with Crippen molar-refractivity contribution in [1.29, 1.82) is 0 Å². The maximum Gasteiger partial charge on any atom is 0.200 e. The summed E-state index contributed by atoms with van der Waals surface area (Å²) >= 11 is 0.